The van der Waals surface area contributed by atoms with Gasteiger partial charge in [-0.2, -0.15) is 0 Å². The summed E-state index contributed by atoms with van der Waals surface area (Å²) in [6.45, 7) is 7.01. The summed E-state index contributed by atoms with van der Waals surface area (Å²) in [5, 5.41) is 0. The lowest BCUT2D eigenvalue weighted by Gasteiger charge is -2.24. The van der Waals surface area contributed by atoms with Gasteiger partial charge in [-0.25, -0.2) is 4.79 Å². The van der Waals surface area contributed by atoms with Crippen molar-refractivity contribution in [2.45, 2.75) is 26.4 Å². The molecule has 0 bridgehead atoms. The third-order valence-electron chi connectivity index (χ3n) is 1.75. The van der Waals surface area contributed by atoms with Crippen LogP contribution >= 0.6 is 0 Å². The quantitative estimate of drug-likeness (QED) is 0.516. The molecule has 0 spiro atoms. The van der Waals surface area contributed by atoms with Crippen LogP contribution in [0.15, 0.2) is 11.5 Å². The molecule has 0 aromatic heterocycles. The molecule has 0 fully saturated rings. The van der Waals surface area contributed by atoms with Gasteiger partial charge in [-0.3, -0.25) is 0 Å². The lowest BCUT2D eigenvalue weighted by atomic mass is 9.97. The molecule has 0 saturated heterocycles. The van der Waals surface area contributed by atoms with Crippen LogP contribution in [-0.2, 0) is 4.74 Å². The van der Waals surface area contributed by atoms with Crippen molar-refractivity contribution in [3.05, 3.63) is 11.5 Å². The fraction of sp³-hybridized carbons (Fsp3) is 0.667. The van der Waals surface area contributed by atoms with E-state index in [1.165, 1.54) is 5.47 Å². The largest absolute Gasteiger partial charge is 0.444 e. The predicted molar refractivity (Wildman–Crippen MR) is 54.4 cm³/mol. The number of nitrogens with zero attached hydrogens (tertiary/aromatic N) is 1. The summed E-state index contributed by atoms with van der Waals surface area (Å²) < 4.78 is 5.22. The molecule has 0 saturated carbocycles. The SMILES string of the molecule is BC1=CCN(C(=O)OC(C)(C)C)C1. The Hall–Kier alpha value is -0.925. The van der Waals surface area contributed by atoms with Crippen molar-refractivity contribution in [3.8, 4) is 0 Å². The van der Waals surface area contributed by atoms with Gasteiger partial charge in [0.1, 0.15) is 13.4 Å². The van der Waals surface area contributed by atoms with E-state index in [2.05, 4.69) is 0 Å². The van der Waals surface area contributed by atoms with Crippen LogP contribution in [0, 0.1) is 0 Å². The molecule has 0 aliphatic carbocycles. The van der Waals surface area contributed by atoms with E-state index in [9.17, 15) is 4.79 Å². The van der Waals surface area contributed by atoms with E-state index in [-0.39, 0.29) is 6.09 Å². The second kappa shape index (κ2) is 3.44. The molecule has 13 heavy (non-hydrogen) atoms. The molecule has 1 heterocycles. The molecular formula is C9H16BNO2. The summed E-state index contributed by atoms with van der Waals surface area (Å²) in [6, 6.07) is 0. The molecule has 0 radical (unpaired) electrons. The monoisotopic (exact) mass is 181 g/mol. The van der Waals surface area contributed by atoms with Gasteiger partial charge in [-0.05, 0) is 20.8 Å². The minimum atomic E-state index is -0.395. The molecule has 4 heteroatoms. The number of carbonyl (C=O) groups is 1. The van der Waals surface area contributed by atoms with E-state index in [4.69, 9.17) is 4.74 Å². The van der Waals surface area contributed by atoms with Crippen LogP contribution in [-0.4, -0.2) is 37.5 Å². The van der Waals surface area contributed by atoms with Crippen molar-refractivity contribution in [3.63, 3.8) is 0 Å². The number of carbonyl (C=O) groups excluding carboxylic acids is 1. The maximum atomic E-state index is 11.5. The molecule has 1 aliphatic rings. The first-order valence-corrected chi connectivity index (χ1v) is 4.52. The average Bonchev–Trinajstić information content (AvgIpc) is 2.31. The zero-order valence-electron chi connectivity index (χ0n) is 8.76. The van der Waals surface area contributed by atoms with Crippen molar-refractivity contribution in [2.24, 2.45) is 0 Å². The third kappa shape index (κ3) is 3.13. The van der Waals surface area contributed by atoms with E-state index >= 15 is 0 Å². The molecule has 0 atom stereocenters. The lowest BCUT2D eigenvalue weighted by molar-refractivity contribution is 0.0303. The minimum absolute atomic E-state index is 0.222. The Morgan fingerprint density at radius 3 is 2.62 bits per heavy atom. The molecule has 3 nitrogen and oxygen atoms in total. The van der Waals surface area contributed by atoms with Gasteiger partial charge in [-0.1, -0.05) is 11.5 Å². The molecular weight excluding hydrogens is 165 g/mol. The minimum Gasteiger partial charge on any atom is -0.444 e. The Morgan fingerprint density at radius 2 is 2.23 bits per heavy atom. The van der Waals surface area contributed by atoms with Gasteiger partial charge in [0.15, 0.2) is 0 Å². The van der Waals surface area contributed by atoms with Gasteiger partial charge >= 0.3 is 6.09 Å². The van der Waals surface area contributed by atoms with Gasteiger partial charge in [-0.15, -0.1) is 0 Å². The summed E-state index contributed by atoms with van der Waals surface area (Å²) in [7, 11) is 2.02. The molecule has 0 aromatic rings. The van der Waals surface area contributed by atoms with E-state index in [1.807, 2.05) is 34.7 Å². The van der Waals surface area contributed by atoms with E-state index < -0.39 is 5.60 Å². The van der Waals surface area contributed by atoms with Crippen molar-refractivity contribution in [2.75, 3.05) is 13.1 Å². The number of amides is 1. The Morgan fingerprint density at radius 1 is 1.62 bits per heavy atom. The van der Waals surface area contributed by atoms with Crippen molar-refractivity contribution < 1.29 is 9.53 Å². The highest BCUT2D eigenvalue weighted by Gasteiger charge is 2.23. The lowest BCUT2D eigenvalue weighted by Crippen LogP contribution is -2.35. The van der Waals surface area contributed by atoms with Crippen LogP contribution in [0.3, 0.4) is 0 Å². The van der Waals surface area contributed by atoms with Gasteiger partial charge in [0.25, 0.3) is 0 Å². The number of ether oxygens (including phenoxy) is 1. The van der Waals surface area contributed by atoms with Gasteiger partial charge in [0, 0.05) is 13.1 Å². The van der Waals surface area contributed by atoms with E-state index in [0.717, 1.165) is 0 Å². The fourth-order valence-corrected chi connectivity index (χ4v) is 1.16. The highest BCUT2D eigenvalue weighted by Crippen LogP contribution is 2.13. The zero-order chi connectivity index (χ0) is 10.1. The van der Waals surface area contributed by atoms with E-state index in [0.29, 0.717) is 13.1 Å². The van der Waals surface area contributed by atoms with E-state index in [1.54, 1.807) is 4.90 Å². The maximum absolute atomic E-state index is 11.5. The normalized spacial score (nSPS) is 17.2. The first-order valence-electron chi connectivity index (χ1n) is 4.52. The Balaban J connectivity index is 2.43. The highest BCUT2D eigenvalue weighted by molar-refractivity contribution is 6.22. The number of rotatable bonds is 0. The van der Waals surface area contributed by atoms with Crippen LogP contribution < -0.4 is 0 Å². The highest BCUT2D eigenvalue weighted by atomic mass is 16.6. The molecule has 72 valence electrons. The summed E-state index contributed by atoms with van der Waals surface area (Å²) >= 11 is 0. The van der Waals surface area contributed by atoms with Gasteiger partial charge in [0.2, 0.25) is 0 Å². The van der Waals surface area contributed by atoms with Crippen LogP contribution in [0.25, 0.3) is 0 Å². The van der Waals surface area contributed by atoms with Gasteiger partial charge in [0.05, 0.1) is 0 Å². The number of hydrogen-bond acceptors (Lipinski definition) is 2. The van der Waals surface area contributed by atoms with Crippen LogP contribution in [0.2, 0.25) is 0 Å². The smallest absolute Gasteiger partial charge is 0.410 e. The molecule has 1 aliphatic heterocycles. The van der Waals surface area contributed by atoms with Gasteiger partial charge < -0.3 is 9.64 Å². The first kappa shape index (κ1) is 10.2. The summed E-state index contributed by atoms with van der Waals surface area (Å²) in [4.78, 5) is 13.2. The molecule has 1 amide bonds. The number of hydrogen-bond donors (Lipinski definition) is 0. The Kier molecular flexibility index (Phi) is 2.69. The standard InChI is InChI=1S/C9H16BNO2/c1-9(2,3)13-8(12)11-5-4-7(10)6-11/h4H,5-6,10H2,1-3H3. The van der Waals surface area contributed by atoms with Crippen LogP contribution in [0.4, 0.5) is 4.79 Å². The second-order valence-corrected chi connectivity index (χ2v) is 4.41. The van der Waals surface area contributed by atoms with Crippen LogP contribution in [0.1, 0.15) is 20.8 Å². The third-order valence-corrected chi connectivity index (χ3v) is 1.75. The Bertz CT molecular complexity index is 242. The van der Waals surface area contributed by atoms with Crippen molar-refractivity contribution in [1.29, 1.82) is 0 Å². The van der Waals surface area contributed by atoms with Crippen molar-refractivity contribution >= 4 is 13.9 Å². The second-order valence-electron chi connectivity index (χ2n) is 4.41. The van der Waals surface area contributed by atoms with Crippen molar-refractivity contribution in [1.82, 2.24) is 4.90 Å². The predicted octanol–water partition coefficient (Wildman–Crippen LogP) is 0.754. The summed E-state index contributed by atoms with van der Waals surface area (Å²) in [6.07, 6.45) is 1.82. The Labute approximate surface area is 80.2 Å². The zero-order valence-corrected chi connectivity index (χ0v) is 8.76. The average molecular weight is 181 g/mol. The summed E-state index contributed by atoms with van der Waals surface area (Å²) in [5.74, 6) is 0. The topological polar surface area (TPSA) is 29.5 Å². The fourth-order valence-electron chi connectivity index (χ4n) is 1.16. The van der Waals surface area contributed by atoms with Crippen LogP contribution in [0.5, 0.6) is 0 Å². The maximum Gasteiger partial charge on any atom is 0.410 e. The molecule has 0 aromatic carbocycles. The molecule has 0 N–H and O–H groups in total. The summed E-state index contributed by atoms with van der Waals surface area (Å²) in [5.41, 5.74) is 0.832. The first-order chi connectivity index (χ1) is 5.88. The molecule has 1 rings (SSSR count). The molecule has 0 unspecified atom stereocenters.